The zero-order valence-corrected chi connectivity index (χ0v) is 31.9. The second-order valence-electron chi connectivity index (χ2n) is 15.5. The quantitative estimate of drug-likeness (QED) is 0.219. The zero-order chi connectivity index (χ0) is 39.0. The van der Waals surface area contributed by atoms with Gasteiger partial charge in [0, 0.05) is 18.3 Å². The first kappa shape index (κ1) is 37.9. The van der Waals surface area contributed by atoms with E-state index in [0.29, 0.717) is 53.3 Å². The zero-order valence-electron chi connectivity index (χ0n) is 31.1. The summed E-state index contributed by atoms with van der Waals surface area (Å²) in [7, 11) is -4.18. The van der Waals surface area contributed by atoms with Crippen molar-refractivity contribution in [3.63, 3.8) is 0 Å². The number of nitrogens with zero attached hydrogens (tertiary/aromatic N) is 7. The molecule has 0 aromatic carbocycles. The summed E-state index contributed by atoms with van der Waals surface area (Å²) in [6.45, 7) is 12.9. The Kier molecular flexibility index (Phi) is 9.24. The monoisotopic (exact) mass is 771 g/mol. The minimum absolute atomic E-state index is 0.000911. The largest absolute Gasteiger partial charge is 0.481 e. The van der Waals surface area contributed by atoms with Crippen LogP contribution < -0.4 is 9.47 Å². The van der Waals surface area contributed by atoms with Gasteiger partial charge in [-0.25, -0.2) is 8.42 Å². The maximum absolute atomic E-state index is 14.5. The molecule has 3 aliphatic rings. The molecule has 4 aromatic rings. The Morgan fingerprint density at radius 1 is 1.02 bits per heavy atom. The number of sulfonamides is 1. The van der Waals surface area contributed by atoms with Gasteiger partial charge >= 0.3 is 12.1 Å². The molecular formula is C37H44F3N7O6S. The Morgan fingerprint density at radius 3 is 2.37 bits per heavy atom. The number of aromatic nitrogens is 5. The van der Waals surface area contributed by atoms with Crippen molar-refractivity contribution in [1.82, 2.24) is 33.8 Å². The molecule has 0 radical (unpaired) electrons. The number of likely N-dealkylation sites (tertiary alicyclic amines) is 1. The van der Waals surface area contributed by atoms with Crippen molar-refractivity contribution in [2.45, 2.75) is 95.9 Å². The van der Waals surface area contributed by atoms with E-state index in [0.717, 1.165) is 36.9 Å². The predicted molar refractivity (Wildman–Crippen MR) is 190 cm³/mol. The molecule has 1 saturated carbocycles. The molecule has 1 atom stereocenters. The number of aryl methyl sites for hydroxylation is 3. The average Bonchev–Trinajstić information content (AvgIpc) is 3.45. The summed E-state index contributed by atoms with van der Waals surface area (Å²) in [5.41, 5.74) is -1.31. The SMILES string of the molecule is Cc1ccc(C(C)(c2ccn3c(C(F)(F)F)nnc3c2C)C(C)(C)C(=O)O)nc1CN1CC2(CC2)Oc2nc(OCCN3CCCC3)c(C)cc2S1(=O)=O. The van der Waals surface area contributed by atoms with E-state index in [1.54, 1.807) is 39.8 Å². The van der Waals surface area contributed by atoms with Gasteiger partial charge in [0.1, 0.15) is 17.1 Å². The topological polar surface area (TPSA) is 152 Å². The highest BCUT2D eigenvalue weighted by atomic mass is 32.2. The van der Waals surface area contributed by atoms with E-state index in [2.05, 4.69) is 20.1 Å². The minimum atomic E-state index is -4.76. The summed E-state index contributed by atoms with van der Waals surface area (Å²) in [4.78, 5) is 24.8. The summed E-state index contributed by atoms with van der Waals surface area (Å²) in [5.74, 6) is -2.05. The number of carboxylic acids is 1. The number of ether oxygens (including phenoxy) is 2. The summed E-state index contributed by atoms with van der Waals surface area (Å²) >= 11 is 0. The lowest BCUT2D eigenvalue weighted by atomic mass is 9.60. The fourth-order valence-corrected chi connectivity index (χ4v) is 9.17. The molecule has 1 N–H and O–H groups in total. The van der Waals surface area contributed by atoms with E-state index < -0.39 is 44.4 Å². The van der Waals surface area contributed by atoms with Crippen molar-refractivity contribution in [1.29, 1.82) is 0 Å². The fourth-order valence-electron chi connectivity index (χ4n) is 7.56. The summed E-state index contributed by atoms with van der Waals surface area (Å²) in [6.07, 6.45) is -0.0146. The van der Waals surface area contributed by atoms with Crippen LogP contribution in [0.15, 0.2) is 35.4 Å². The van der Waals surface area contributed by atoms with Gasteiger partial charge in [0.15, 0.2) is 5.65 Å². The van der Waals surface area contributed by atoms with Crippen LogP contribution in [0.4, 0.5) is 13.2 Å². The number of halogens is 3. The summed E-state index contributed by atoms with van der Waals surface area (Å²) < 4.78 is 84.6. The van der Waals surface area contributed by atoms with Crippen molar-refractivity contribution in [3.05, 3.63) is 69.9 Å². The van der Waals surface area contributed by atoms with E-state index >= 15 is 0 Å². The molecule has 13 nitrogen and oxygen atoms in total. The van der Waals surface area contributed by atoms with Crippen LogP contribution in [0.5, 0.6) is 11.8 Å². The lowest BCUT2D eigenvalue weighted by molar-refractivity contribution is -0.150. The van der Waals surface area contributed by atoms with E-state index in [-0.39, 0.29) is 35.2 Å². The molecule has 0 amide bonds. The number of alkyl halides is 3. The van der Waals surface area contributed by atoms with Crippen molar-refractivity contribution >= 4 is 21.6 Å². The first-order valence-electron chi connectivity index (χ1n) is 18.0. The molecular weight excluding hydrogens is 728 g/mol. The highest BCUT2D eigenvalue weighted by Gasteiger charge is 2.54. The van der Waals surface area contributed by atoms with Crippen LogP contribution in [0.3, 0.4) is 0 Å². The Hall–Kier alpha value is -4.35. The second kappa shape index (κ2) is 13.2. The van der Waals surface area contributed by atoms with Crippen molar-refractivity contribution in [3.8, 4) is 11.8 Å². The van der Waals surface area contributed by atoms with Gasteiger partial charge in [0.2, 0.25) is 27.6 Å². The molecule has 54 heavy (non-hydrogen) atoms. The van der Waals surface area contributed by atoms with Crippen LogP contribution in [-0.2, 0) is 33.0 Å². The van der Waals surface area contributed by atoms with Crippen LogP contribution in [0.2, 0.25) is 0 Å². The van der Waals surface area contributed by atoms with Crippen molar-refractivity contribution in [2.75, 3.05) is 32.8 Å². The van der Waals surface area contributed by atoms with Gasteiger partial charge in [-0.15, -0.1) is 10.2 Å². The summed E-state index contributed by atoms with van der Waals surface area (Å²) in [6, 6.07) is 6.40. The Labute approximate surface area is 311 Å². The molecule has 2 aliphatic heterocycles. The number of hydrogen-bond donors (Lipinski definition) is 1. The number of pyridine rings is 3. The third-order valence-electron chi connectivity index (χ3n) is 11.6. The number of hydrogen-bond acceptors (Lipinski definition) is 10. The van der Waals surface area contributed by atoms with Gasteiger partial charge < -0.3 is 14.6 Å². The van der Waals surface area contributed by atoms with Gasteiger partial charge in [-0.3, -0.25) is 19.1 Å². The first-order valence-corrected chi connectivity index (χ1v) is 19.4. The van der Waals surface area contributed by atoms with Crippen LogP contribution in [-0.4, -0.2) is 91.7 Å². The maximum Gasteiger partial charge on any atom is 0.452 e. The van der Waals surface area contributed by atoms with E-state index in [9.17, 15) is 31.5 Å². The van der Waals surface area contributed by atoms with E-state index in [4.69, 9.17) is 14.5 Å². The Bertz CT molecular complexity index is 2250. The average molecular weight is 772 g/mol. The Morgan fingerprint density at radius 2 is 1.72 bits per heavy atom. The molecule has 1 aliphatic carbocycles. The number of aliphatic carboxylic acids is 1. The second-order valence-corrected chi connectivity index (χ2v) is 17.4. The van der Waals surface area contributed by atoms with Crippen LogP contribution >= 0.6 is 0 Å². The molecule has 1 saturated heterocycles. The van der Waals surface area contributed by atoms with Crippen LogP contribution in [0, 0.1) is 26.2 Å². The minimum Gasteiger partial charge on any atom is -0.481 e. The third-order valence-corrected chi connectivity index (χ3v) is 13.4. The number of rotatable bonds is 10. The highest BCUT2D eigenvalue weighted by Crippen LogP contribution is 2.50. The van der Waals surface area contributed by atoms with E-state index in [1.165, 1.54) is 36.5 Å². The maximum atomic E-state index is 14.5. The third kappa shape index (κ3) is 6.36. The smallest absolute Gasteiger partial charge is 0.452 e. The summed E-state index contributed by atoms with van der Waals surface area (Å²) in [5, 5.41) is 17.8. The lowest BCUT2D eigenvalue weighted by Gasteiger charge is -2.42. The Balaban J connectivity index is 1.26. The molecule has 0 bridgehead atoms. The molecule has 7 rings (SSSR count). The van der Waals surface area contributed by atoms with E-state index in [1.807, 2.05) is 0 Å². The molecule has 17 heteroatoms. The van der Waals surface area contributed by atoms with Crippen molar-refractivity contribution in [2.24, 2.45) is 5.41 Å². The fraction of sp³-hybridized carbons (Fsp3) is 0.541. The number of carboxylic acid groups (broad SMARTS) is 1. The molecule has 290 valence electrons. The molecule has 4 aromatic heterocycles. The van der Waals surface area contributed by atoms with Crippen LogP contribution in [0.1, 0.15) is 85.9 Å². The van der Waals surface area contributed by atoms with Crippen molar-refractivity contribution < 1.29 is 41.0 Å². The molecule has 1 spiro atoms. The van der Waals surface area contributed by atoms with Gasteiger partial charge in [0.25, 0.3) is 0 Å². The molecule has 1 unspecified atom stereocenters. The van der Waals surface area contributed by atoms with Gasteiger partial charge in [-0.1, -0.05) is 6.07 Å². The predicted octanol–water partition coefficient (Wildman–Crippen LogP) is 5.47. The lowest BCUT2D eigenvalue weighted by Crippen LogP contribution is -2.47. The molecule has 6 heterocycles. The van der Waals surface area contributed by atoms with Crippen LogP contribution in [0.25, 0.3) is 5.65 Å². The highest BCUT2D eigenvalue weighted by molar-refractivity contribution is 7.89. The standard InChI is InChI=1S/C37H44F3N7O6S/c1-22-9-10-28(35(6,34(4,5)33(48)49)25-11-16-47-29(24(25)3)43-44-32(47)37(38,39)40)41-26(22)20-46-21-36(12-13-36)53-31-27(54(46,50)51)19-23(2)30(42-31)52-18-17-45-14-7-8-15-45/h9-11,16,19H,7-8,12-15,17-18,20-21H2,1-6H3,(H,48,49). The first-order chi connectivity index (χ1) is 25.3. The number of fused-ring (bicyclic) bond motifs is 2. The molecule has 2 fully saturated rings. The number of carbonyl (C=O) groups is 1. The van der Waals surface area contributed by atoms with Gasteiger partial charge in [0.05, 0.1) is 35.3 Å². The normalized spacial score (nSPS) is 19.6. The van der Waals surface area contributed by atoms with Gasteiger partial charge in [-0.05, 0) is 115 Å². The van der Waals surface area contributed by atoms with Gasteiger partial charge in [-0.2, -0.15) is 22.5 Å².